The summed E-state index contributed by atoms with van der Waals surface area (Å²) < 4.78 is 27.8. The molecule has 1 atom stereocenters. The maximum absolute atomic E-state index is 13.1. The Morgan fingerprint density at radius 2 is 1.53 bits per heavy atom. The minimum Gasteiger partial charge on any atom is -0.346 e. The molecule has 2 aromatic carbocycles. The Hall–Kier alpha value is -2.18. The molecule has 5 nitrogen and oxygen atoms in total. The van der Waals surface area contributed by atoms with Crippen LogP contribution in [0, 0.1) is 20.8 Å². The van der Waals surface area contributed by atoms with Crippen LogP contribution in [0.2, 0.25) is 0 Å². The fourth-order valence-corrected chi connectivity index (χ4v) is 5.37. The quantitative estimate of drug-likeness (QED) is 0.753. The zero-order valence-corrected chi connectivity index (χ0v) is 19.2. The molecule has 3 rings (SSSR count). The van der Waals surface area contributed by atoms with Crippen LogP contribution < -0.4 is 5.32 Å². The standard InChI is InChI=1S/C24H32N2O3S/c1-17-9-11-21(15-19(17)3)20(4)25-24(27)23-16-22(12-10-18(23)2)30(28,29)26-13-7-5-6-8-14-26/h9-12,15-16,20H,5-8,13-14H2,1-4H3,(H,25,27). The summed E-state index contributed by atoms with van der Waals surface area (Å²) in [4.78, 5) is 13.2. The molecule has 30 heavy (non-hydrogen) atoms. The first-order chi connectivity index (χ1) is 14.2. The number of amides is 1. The fraction of sp³-hybridized carbons (Fsp3) is 0.458. The second-order valence-corrected chi connectivity index (χ2v) is 10.3. The molecule has 162 valence electrons. The van der Waals surface area contributed by atoms with Crippen LogP contribution in [-0.4, -0.2) is 31.7 Å². The molecule has 1 saturated heterocycles. The first-order valence-electron chi connectivity index (χ1n) is 10.7. The van der Waals surface area contributed by atoms with Crippen molar-refractivity contribution in [1.29, 1.82) is 0 Å². The second-order valence-electron chi connectivity index (χ2n) is 8.33. The third kappa shape index (κ3) is 4.93. The van der Waals surface area contributed by atoms with Crippen molar-refractivity contribution in [2.24, 2.45) is 0 Å². The number of rotatable bonds is 5. The van der Waals surface area contributed by atoms with E-state index in [1.54, 1.807) is 16.4 Å². The summed E-state index contributed by atoms with van der Waals surface area (Å²) in [5.74, 6) is -0.258. The lowest BCUT2D eigenvalue weighted by Gasteiger charge is -2.21. The average Bonchev–Trinajstić information content (AvgIpc) is 3.00. The lowest BCUT2D eigenvalue weighted by molar-refractivity contribution is 0.0939. The van der Waals surface area contributed by atoms with E-state index in [9.17, 15) is 13.2 Å². The number of carbonyl (C=O) groups excluding carboxylic acids is 1. The molecule has 1 aliphatic heterocycles. The van der Waals surface area contributed by atoms with E-state index in [1.807, 2.05) is 26.0 Å². The molecule has 1 N–H and O–H groups in total. The van der Waals surface area contributed by atoms with E-state index < -0.39 is 10.0 Å². The third-order valence-electron chi connectivity index (χ3n) is 6.04. The number of carbonyl (C=O) groups is 1. The molecule has 0 saturated carbocycles. The van der Waals surface area contributed by atoms with E-state index >= 15 is 0 Å². The summed E-state index contributed by atoms with van der Waals surface area (Å²) in [6.45, 7) is 8.97. The number of hydrogen-bond acceptors (Lipinski definition) is 3. The monoisotopic (exact) mass is 428 g/mol. The molecule has 2 aromatic rings. The Morgan fingerprint density at radius 1 is 0.900 bits per heavy atom. The van der Waals surface area contributed by atoms with E-state index in [2.05, 4.69) is 25.2 Å². The molecule has 0 radical (unpaired) electrons. The summed E-state index contributed by atoms with van der Waals surface area (Å²) >= 11 is 0. The highest BCUT2D eigenvalue weighted by molar-refractivity contribution is 7.89. The highest BCUT2D eigenvalue weighted by atomic mass is 32.2. The summed E-state index contributed by atoms with van der Waals surface area (Å²) in [6.07, 6.45) is 3.88. The third-order valence-corrected chi connectivity index (χ3v) is 7.93. The van der Waals surface area contributed by atoms with Crippen molar-refractivity contribution in [2.75, 3.05) is 13.1 Å². The van der Waals surface area contributed by atoms with Crippen LogP contribution in [-0.2, 0) is 10.0 Å². The largest absolute Gasteiger partial charge is 0.346 e. The number of sulfonamides is 1. The normalized spacial score (nSPS) is 16.7. The summed E-state index contributed by atoms with van der Waals surface area (Å²) in [7, 11) is -3.60. The number of nitrogens with one attached hydrogen (secondary N) is 1. The van der Waals surface area contributed by atoms with Crippen LogP contribution in [0.25, 0.3) is 0 Å². The molecule has 0 aromatic heterocycles. The van der Waals surface area contributed by atoms with Gasteiger partial charge in [-0.1, -0.05) is 37.1 Å². The molecule has 1 heterocycles. The first-order valence-corrected chi connectivity index (χ1v) is 12.1. The van der Waals surface area contributed by atoms with Gasteiger partial charge >= 0.3 is 0 Å². The van der Waals surface area contributed by atoms with E-state index in [-0.39, 0.29) is 16.8 Å². The molecular formula is C24H32N2O3S. The van der Waals surface area contributed by atoms with Gasteiger partial charge in [-0.25, -0.2) is 8.42 Å². The van der Waals surface area contributed by atoms with Crippen LogP contribution in [0.5, 0.6) is 0 Å². The summed E-state index contributed by atoms with van der Waals surface area (Å²) in [5.41, 5.74) is 4.57. The number of benzene rings is 2. The van der Waals surface area contributed by atoms with Gasteiger partial charge in [0.2, 0.25) is 10.0 Å². The van der Waals surface area contributed by atoms with E-state index in [0.717, 1.165) is 36.8 Å². The predicted octanol–water partition coefficient (Wildman–Crippen LogP) is 4.67. The Balaban J connectivity index is 1.83. The topological polar surface area (TPSA) is 66.5 Å². The molecule has 1 unspecified atom stereocenters. The number of aryl methyl sites for hydroxylation is 3. The molecule has 1 fully saturated rings. The SMILES string of the molecule is Cc1ccc(C(C)NC(=O)c2cc(S(=O)(=O)N3CCCCCC3)ccc2C)cc1C. The van der Waals surface area contributed by atoms with Crippen LogP contribution in [0.1, 0.15) is 71.3 Å². The van der Waals surface area contributed by atoms with Crippen LogP contribution in [0.15, 0.2) is 41.3 Å². The molecule has 0 aliphatic carbocycles. The van der Waals surface area contributed by atoms with Gasteiger partial charge in [0.15, 0.2) is 0 Å². The maximum Gasteiger partial charge on any atom is 0.252 e. The van der Waals surface area contributed by atoms with Crippen molar-refractivity contribution in [1.82, 2.24) is 9.62 Å². The van der Waals surface area contributed by atoms with Gasteiger partial charge in [-0.3, -0.25) is 4.79 Å². The molecule has 6 heteroatoms. The Labute approximate surface area is 180 Å². The van der Waals surface area contributed by atoms with E-state index in [4.69, 9.17) is 0 Å². The van der Waals surface area contributed by atoms with Gasteiger partial charge in [-0.05, 0) is 74.9 Å². The Kier molecular flexibility index (Phi) is 6.98. The summed E-state index contributed by atoms with van der Waals surface area (Å²) in [5, 5.41) is 3.02. The highest BCUT2D eigenvalue weighted by Gasteiger charge is 2.26. The minimum absolute atomic E-state index is 0.179. The zero-order chi connectivity index (χ0) is 21.9. The molecule has 1 aliphatic rings. The Morgan fingerprint density at radius 3 is 2.17 bits per heavy atom. The smallest absolute Gasteiger partial charge is 0.252 e. The van der Waals surface area contributed by atoms with Crippen LogP contribution >= 0.6 is 0 Å². The predicted molar refractivity (Wildman–Crippen MR) is 120 cm³/mol. The number of nitrogens with zero attached hydrogens (tertiary/aromatic N) is 1. The van der Waals surface area contributed by atoms with Crippen LogP contribution in [0.4, 0.5) is 0 Å². The molecule has 0 bridgehead atoms. The van der Waals surface area contributed by atoms with Crippen molar-refractivity contribution < 1.29 is 13.2 Å². The van der Waals surface area contributed by atoms with Crippen LogP contribution in [0.3, 0.4) is 0 Å². The van der Waals surface area contributed by atoms with Crippen molar-refractivity contribution in [3.63, 3.8) is 0 Å². The van der Waals surface area contributed by atoms with Crippen molar-refractivity contribution in [2.45, 2.75) is 64.3 Å². The summed E-state index contributed by atoms with van der Waals surface area (Å²) in [6, 6.07) is 10.8. The van der Waals surface area contributed by atoms with Gasteiger partial charge in [0, 0.05) is 18.7 Å². The molecule has 1 amide bonds. The lowest BCUT2D eigenvalue weighted by atomic mass is 10.0. The van der Waals surface area contributed by atoms with Crippen molar-refractivity contribution >= 4 is 15.9 Å². The number of hydrogen-bond donors (Lipinski definition) is 1. The van der Waals surface area contributed by atoms with E-state index in [1.165, 1.54) is 17.2 Å². The zero-order valence-electron chi connectivity index (χ0n) is 18.4. The minimum atomic E-state index is -3.60. The van der Waals surface area contributed by atoms with Crippen molar-refractivity contribution in [3.8, 4) is 0 Å². The van der Waals surface area contributed by atoms with Gasteiger partial charge < -0.3 is 5.32 Å². The van der Waals surface area contributed by atoms with Crippen molar-refractivity contribution in [3.05, 3.63) is 64.2 Å². The van der Waals surface area contributed by atoms with E-state index in [0.29, 0.717) is 18.7 Å². The van der Waals surface area contributed by atoms with Gasteiger partial charge in [0.25, 0.3) is 5.91 Å². The second kappa shape index (κ2) is 9.31. The van der Waals surface area contributed by atoms with Gasteiger partial charge in [0.1, 0.15) is 0 Å². The average molecular weight is 429 g/mol. The van der Waals surface area contributed by atoms with Gasteiger partial charge in [0.05, 0.1) is 10.9 Å². The Bertz CT molecular complexity index is 1020. The maximum atomic E-state index is 13.1. The van der Waals surface area contributed by atoms with Gasteiger partial charge in [-0.15, -0.1) is 0 Å². The van der Waals surface area contributed by atoms with Gasteiger partial charge in [-0.2, -0.15) is 4.31 Å². The fourth-order valence-electron chi connectivity index (χ4n) is 3.83. The highest BCUT2D eigenvalue weighted by Crippen LogP contribution is 2.24. The molecule has 0 spiro atoms. The lowest BCUT2D eigenvalue weighted by Crippen LogP contribution is -2.32. The molecular weight excluding hydrogens is 396 g/mol. The first kappa shape index (κ1) is 22.5.